The van der Waals surface area contributed by atoms with E-state index in [1.54, 1.807) is 30.5 Å². The van der Waals surface area contributed by atoms with Gasteiger partial charge in [-0.2, -0.15) is 0 Å². The van der Waals surface area contributed by atoms with E-state index in [-0.39, 0.29) is 11.9 Å². The van der Waals surface area contributed by atoms with Gasteiger partial charge >= 0.3 is 6.03 Å². The van der Waals surface area contributed by atoms with Crippen LogP contribution in [-0.4, -0.2) is 54.5 Å². The van der Waals surface area contributed by atoms with Crippen molar-refractivity contribution in [1.29, 1.82) is 0 Å². The summed E-state index contributed by atoms with van der Waals surface area (Å²) in [5, 5.41) is 5.95. The molecular formula is C19H22ClN5O2. The van der Waals surface area contributed by atoms with Crippen LogP contribution < -0.4 is 15.5 Å². The fourth-order valence-corrected chi connectivity index (χ4v) is 3.12. The molecule has 0 spiro atoms. The highest BCUT2D eigenvalue weighted by atomic mass is 35.5. The standard InChI is InChI=1S/C19H22ClN5O2/c1-2-21-19(27)23-16-6-7-17(22-13-16)24-8-10-25(11-9-24)18(26)14-4-3-5-15(20)12-14/h3-7,12-13H,2,8-11H2,1H3,(H2,21,23,27). The summed E-state index contributed by atoms with van der Waals surface area (Å²) >= 11 is 5.98. The molecule has 27 heavy (non-hydrogen) atoms. The number of anilines is 2. The second-order valence-electron chi connectivity index (χ2n) is 6.18. The summed E-state index contributed by atoms with van der Waals surface area (Å²) in [6, 6.07) is 10.5. The smallest absolute Gasteiger partial charge is 0.319 e. The molecule has 2 N–H and O–H groups in total. The lowest BCUT2D eigenvalue weighted by Crippen LogP contribution is -2.49. The molecule has 0 atom stereocenters. The van der Waals surface area contributed by atoms with Crippen molar-refractivity contribution in [3.8, 4) is 0 Å². The minimum Gasteiger partial charge on any atom is -0.353 e. The van der Waals surface area contributed by atoms with Crippen molar-refractivity contribution in [3.63, 3.8) is 0 Å². The van der Waals surface area contributed by atoms with Crippen LogP contribution in [0, 0.1) is 0 Å². The zero-order valence-electron chi connectivity index (χ0n) is 15.1. The number of hydrogen-bond donors (Lipinski definition) is 2. The quantitative estimate of drug-likeness (QED) is 0.845. The first-order chi connectivity index (χ1) is 13.1. The van der Waals surface area contributed by atoms with Crippen molar-refractivity contribution in [1.82, 2.24) is 15.2 Å². The van der Waals surface area contributed by atoms with Gasteiger partial charge < -0.3 is 20.4 Å². The lowest BCUT2D eigenvalue weighted by atomic mass is 10.2. The van der Waals surface area contributed by atoms with Crippen molar-refractivity contribution >= 4 is 35.0 Å². The molecule has 7 nitrogen and oxygen atoms in total. The first kappa shape index (κ1) is 19.0. The molecule has 3 rings (SSSR count). The Balaban J connectivity index is 1.56. The van der Waals surface area contributed by atoms with Gasteiger partial charge in [0.1, 0.15) is 5.82 Å². The largest absolute Gasteiger partial charge is 0.353 e. The van der Waals surface area contributed by atoms with Gasteiger partial charge in [0.2, 0.25) is 0 Å². The molecule has 142 valence electrons. The number of nitrogens with one attached hydrogen (secondary N) is 2. The van der Waals surface area contributed by atoms with E-state index in [1.165, 1.54) is 0 Å². The fourth-order valence-electron chi connectivity index (χ4n) is 2.93. The van der Waals surface area contributed by atoms with Gasteiger partial charge in [-0.05, 0) is 37.3 Å². The van der Waals surface area contributed by atoms with Crippen LogP contribution in [-0.2, 0) is 0 Å². The van der Waals surface area contributed by atoms with Crippen molar-refractivity contribution in [2.24, 2.45) is 0 Å². The molecule has 0 bridgehead atoms. The average Bonchev–Trinajstić information content (AvgIpc) is 2.68. The molecule has 3 amide bonds. The van der Waals surface area contributed by atoms with Gasteiger partial charge in [-0.3, -0.25) is 4.79 Å². The number of carbonyl (C=O) groups is 2. The number of urea groups is 1. The van der Waals surface area contributed by atoms with E-state index < -0.39 is 0 Å². The number of piperazine rings is 1. The Labute approximate surface area is 163 Å². The highest BCUT2D eigenvalue weighted by Gasteiger charge is 2.23. The summed E-state index contributed by atoms with van der Waals surface area (Å²) in [6.07, 6.45) is 1.63. The highest BCUT2D eigenvalue weighted by Crippen LogP contribution is 2.18. The lowest BCUT2D eigenvalue weighted by molar-refractivity contribution is 0.0746. The zero-order valence-corrected chi connectivity index (χ0v) is 15.9. The Morgan fingerprint density at radius 2 is 1.93 bits per heavy atom. The lowest BCUT2D eigenvalue weighted by Gasteiger charge is -2.35. The number of halogens is 1. The second kappa shape index (κ2) is 8.73. The number of hydrogen-bond acceptors (Lipinski definition) is 4. The fraction of sp³-hybridized carbons (Fsp3) is 0.316. The molecule has 2 aromatic rings. The summed E-state index contributed by atoms with van der Waals surface area (Å²) < 4.78 is 0. The maximum atomic E-state index is 12.6. The average molecular weight is 388 g/mol. The van der Waals surface area contributed by atoms with Gasteiger partial charge in [-0.15, -0.1) is 0 Å². The van der Waals surface area contributed by atoms with Gasteiger partial charge in [-0.25, -0.2) is 9.78 Å². The number of amides is 3. The molecule has 1 aromatic heterocycles. The first-order valence-electron chi connectivity index (χ1n) is 8.87. The molecule has 0 saturated carbocycles. The predicted octanol–water partition coefficient (Wildman–Crippen LogP) is 2.84. The van der Waals surface area contributed by atoms with E-state index in [0.717, 1.165) is 5.82 Å². The van der Waals surface area contributed by atoms with Crippen LogP contribution in [0.15, 0.2) is 42.6 Å². The SMILES string of the molecule is CCNC(=O)Nc1ccc(N2CCN(C(=O)c3cccc(Cl)c3)CC2)nc1. The molecule has 1 saturated heterocycles. The summed E-state index contributed by atoms with van der Waals surface area (Å²) in [5.74, 6) is 0.817. The minimum atomic E-state index is -0.250. The summed E-state index contributed by atoms with van der Waals surface area (Å²) in [4.78, 5) is 32.5. The monoisotopic (exact) mass is 387 g/mol. The Kier molecular flexibility index (Phi) is 6.13. The minimum absolute atomic E-state index is 0.00778. The van der Waals surface area contributed by atoms with Crippen LogP contribution in [0.25, 0.3) is 0 Å². The van der Waals surface area contributed by atoms with Crippen LogP contribution in [0.5, 0.6) is 0 Å². The van der Waals surface area contributed by atoms with Crippen molar-refractivity contribution in [2.75, 3.05) is 42.9 Å². The molecule has 2 heterocycles. The molecule has 0 radical (unpaired) electrons. The Bertz CT molecular complexity index is 804. The summed E-state index contributed by atoms with van der Waals surface area (Å²) in [7, 11) is 0. The topological polar surface area (TPSA) is 77.6 Å². The molecule has 1 fully saturated rings. The predicted molar refractivity (Wildman–Crippen MR) is 107 cm³/mol. The summed E-state index contributed by atoms with van der Waals surface area (Å²) in [6.45, 7) is 5.05. The van der Waals surface area contributed by atoms with Crippen molar-refractivity contribution in [3.05, 3.63) is 53.2 Å². The van der Waals surface area contributed by atoms with E-state index in [9.17, 15) is 9.59 Å². The van der Waals surface area contributed by atoms with Crippen LogP contribution in [0.3, 0.4) is 0 Å². The van der Waals surface area contributed by atoms with Gasteiger partial charge in [0, 0.05) is 43.3 Å². The molecular weight excluding hydrogens is 366 g/mol. The molecule has 1 aliphatic heterocycles. The molecule has 0 aliphatic carbocycles. The van der Waals surface area contributed by atoms with Crippen LogP contribution in [0.2, 0.25) is 5.02 Å². The molecule has 0 unspecified atom stereocenters. The van der Waals surface area contributed by atoms with Crippen LogP contribution in [0.1, 0.15) is 17.3 Å². The van der Waals surface area contributed by atoms with Crippen LogP contribution in [0.4, 0.5) is 16.3 Å². The van der Waals surface area contributed by atoms with E-state index in [2.05, 4.69) is 20.5 Å². The third-order valence-corrected chi connectivity index (χ3v) is 4.54. The van der Waals surface area contributed by atoms with Crippen molar-refractivity contribution in [2.45, 2.75) is 6.92 Å². The Hall–Kier alpha value is -2.80. The Morgan fingerprint density at radius 3 is 2.56 bits per heavy atom. The number of carbonyl (C=O) groups excluding carboxylic acids is 2. The molecule has 1 aromatic carbocycles. The van der Waals surface area contributed by atoms with E-state index in [4.69, 9.17) is 11.6 Å². The van der Waals surface area contributed by atoms with Gasteiger partial charge in [-0.1, -0.05) is 17.7 Å². The molecule has 1 aliphatic rings. The Morgan fingerprint density at radius 1 is 1.15 bits per heavy atom. The highest BCUT2D eigenvalue weighted by molar-refractivity contribution is 6.30. The third kappa shape index (κ3) is 4.89. The third-order valence-electron chi connectivity index (χ3n) is 4.31. The van der Waals surface area contributed by atoms with Gasteiger partial charge in [0.15, 0.2) is 0 Å². The molecule has 8 heteroatoms. The van der Waals surface area contributed by atoms with Gasteiger partial charge in [0.05, 0.1) is 11.9 Å². The number of rotatable bonds is 4. The van der Waals surface area contributed by atoms with Gasteiger partial charge in [0.25, 0.3) is 5.91 Å². The van der Waals surface area contributed by atoms with E-state index >= 15 is 0 Å². The summed E-state index contributed by atoms with van der Waals surface area (Å²) in [5.41, 5.74) is 1.24. The number of nitrogens with zero attached hydrogens (tertiary/aromatic N) is 3. The van der Waals surface area contributed by atoms with Crippen LogP contribution >= 0.6 is 11.6 Å². The normalized spacial score (nSPS) is 14.0. The first-order valence-corrected chi connectivity index (χ1v) is 9.25. The number of benzene rings is 1. The number of aromatic nitrogens is 1. The maximum absolute atomic E-state index is 12.6. The maximum Gasteiger partial charge on any atom is 0.319 e. The zero-order chi connectivity index (χ0) is 19.2. The van der Waals surface area contributed by atoms with E-state index in [1.807, 2.05) is 24.0 Å². The van der Waals surface area contributed by atoms with Crippen molar-refractivity contribution < 1.29 is 9.59 Å². The van der Waals surface area contributed by atoms with E-state index in [0.29, 0.717) is 49.0 Å². The second-order valence-corrected chi connectivity index (χ2v) is 6.62. The number of pyridine rings is 1.